The number of ether oxygens (including phenoxy) is 1. The first kappa shape index (κ1) is 24.9. The van der Waals surface area contributed by atoms with E-state index in [2.05, 4.69) is 38.9 Å². The Kier molecular flexibility index (Phi) is 12.9. The van der Waals surface area contributed by atoms with Gasteiger partial charge in [-0.2, -0.15) is 0 Å². The number of nitrogens with zero attached hydrogens (tertiary/aromatic N) is 4. The van der Waals surface area contributed by atoms with Crippen molar-refractivity contribution >= 4 is 29.9 Å². The number of likely N-dealkylation sites (tertiary alicyclic amines) is 2. The van der Waals surface area contributed by atoms with Crippen LogP contribution in [-0.2, 0) is 4.74 Å². The summed E-state index contributed by atoms with van der Waals surface area (Å²) in [6.45, 7) is 15.7. The molecule has 0 bridgehead atoms. The van der Waals surface area contributed by atoms with Crippen LogP contribution in [0.25, 0.3) is 0 Å². The Labute approximate surface area is 184 Å². The van der Waals surface area contributed by atoms with Crippen molar-refractivity contribution in [2.24, 2.45) is 16.8 Å². The third kappa shape index (κ3) is 8.41. The zero-order valence-corrected chi connectivity index (χ0v) is 20.3. The first-order chi connectivity index (χ1) is 12.7. The predicted molar refractivity (Wildman–Crippen MR) is 125 cm³/mol. The fraction of sp³-hybridized carbons (Fsp3) is 0.950. The van der Waals surface area contributed by atoms with E-state index in [0.29, 0.717) is 0 Å². The Hall–Kier alpha value is -0.120. The van der Waals surface area contributed by atoms with Crippen LogP contribution in [0, 0.1) is 11.8 Å². The van der Waals surface area contributed by atoms with Gasteiger partial charge in [0.25, 0.3) is 0 Å². The van der Waals surface area contributed by atoms with Gasteiger partial charge in [0, 0.05) is 46.9 Å². The molecule has 2 aliphatic rings. The van der Waals surface area contributed by atoms with Crippen LogP contribution in [0.1, 0.15) is 33.1 Å². The molecule has 2 rings (SSSR count). The van der Waals surface area contributed by atoms with E-state index in [0.717, 1.165) is 63.7 Å². The Morgan fingerprint density at radius 3 is 2.37 bits per heavy atom. The van der Waals surface area contributed by atoms with E-state index in [1.165, 1.54) is 38.9 Å². The maximum absolute atomic E-state index is 5.19. The van der Waals surface area contributed by atoms with E-state index in [1.54, 1.807) is 7.11 Å². The van der Waals surface area contributed by atoms with Crippen LogP contribution in [-0.4, -0.2) is 100 Å². The molecule has 0 radical (unpaired) electrons. The average molecular weight is 495 g/mol. The van der Waals surface area contributed by atoms with Crippen LogP contribution in [0.4, 0.5) is 0 Å². The number of rotatable bonds is 9. The maximum Gasteiger partial charge on any atom is 0.193 e. The van der Waals surface area contributed by atoms with Crippen molar-refractivity contribution in [1.82, 2.24) is 20.0 Å². The van der Waals surface area contributed by atoms with E-state index in [1.807, 2.05) is 7.05 Å². The molecule has 2 saturated heterocycles. The molecule has 160 valence electrons. The molecule has 0 aliphatic carbocycles. The molecule has 0 spiro atoms. The average Bonchev–Trinajstić information content (AvgIpc) is 3.14. The van der Waals surface area contributed by atoms with Crippen molar-refractivity contribution in [3.05, 3.63) is 0 Å². The maximum atomic E-state index is 5.19. The fourth-order valence-electron chi connectivity index (χ4n) is 4.22. The Morgan fingerprint density at radius 2 is 1.78 bits per heavy atom. The largest absolute Gasteiger partial charge is 0.383 e. The minimum atomic E-state index is 0. The SMILES string of the molecule is CCN(CC)CC1CCN(C(=NC)NCC2CCN(CCOC)CC2)C1.I. The molecule has 1 unspecified atom stereocenters. The summed E-state index contributed by atoms with van der Waals surface area (Å²) in [5.74, 6) is 2.64. The van der Waals surface area contributed by atoms with Gasteiger partial charge >= 0.3 is 0 Å². The summed E-state index contributed by atoms with van der Waals surface area (Å²) in [5, 5.41) is 3.66. The zero-order valence-electron chi connectivity index (χ0n) is 18.0. The number of nitrogens with one attached hydrogen (secondary N) is 1. The van der Waals surface area contributed by atoms with Crippen molar-refractivity contribution < 1.29 is 4.74 Å². The summed E-state index contributed by atoms with van der Waals surface area (Å²) in [4.78, 5) is 12.1. The minimum Gasteiger partial charge on any atom is -0.383 e. The highest BCUT2D eigenvalue weighted by Gasteiger charge is 2.26. The second-order valence-corrected chi connectivity index (χ2v) is 7.79. The van der Waals surface area contributed by atoms with Crippen molar-refractivity contribution in [1.29, 1.82) is 0 Å². The van der Waals surface area contributed by atoms with E-state index in [4.69, 9.17) is 4.74 Å². The van der Waals surface area contributed by atoms with Crippen molar-refractivity contribution in [2.45, 2.75) is 33.1 Å². The van der Waals surface area contributed by atoms with Crippen LogP contribution in [0.15, 0.2) is 4.99 Å². The summed E-state index contributed by atoms with van der Waals surface area (Å²) in [6, 6.07) is 0. The van der Waals surface area contributed by atoms with Gasteiger partial charge in [-0.3, -0.25) is 4.99 Å². The second-order valence-electron chi connectivity index (χ2n) is 7.79. The number of hydrogen-bond donors (Lipinski definition) is 1. The highest BCUT2D eigenvalue weighted by atomic mass is 127. The molecule has 0 saturated carbocycles. The van der Waals surface area contributed by atoms with E-state index in [9.17, 15) is 0 Å². The van der Waals surface area contributed by atoms with Crippen molar-refractivity contribution in [3.8, 4) is 0 Å². The molecular weight excluding hydrogens is 453 g/mol. The van der Waals surface area contributed by atoms with E-state index >= 15 is 0 Å². The fourth-order valence-corrected chi connectivity index (χ4v) is 4.22. The first-order valence-electron chi connectivity index (χ1n) is 10.6. The van der Waals surface area contributed by atoms with Crippen LogP contribution >= 0.6 is 24.0 Å². The van der Waals surface area contributed by atoms with Gasteiger partial charge in [0.05, 0.1) is 6.61 Å². The monoisotopic (exact) mass is 495 g/mol. The Balaban J connectivity index is 0.00000364. The lowest BCUT2D eigenvalue weighted by molar-refractivity contribution is 0.120. The van der Waals surface area contributed by atoms with Crippen LogP contribution in [0.5, 0.6) is 0 Å². The Bertz CT molecular complexity index is 411. The van der Waals surface area contributed by atoms with Crippen LogP contribution in [0.3, 0.4) is 0 Å². The third-order valence-corrected chi connectivity index (χ3v) is 6.08. The van der Waals surface area contributed by atoms with Gasteiger partial charge in [-0.15, -0.1) is 24.0 Å². The first-order valence-corrected chi connectivity index (χ1v) is 10.6. The van der Waals surface area contributed by atoms with Gasteiger partial charge in [-0.1, -0.05) is 13.8 Å². The van der Waals surface area contributed by atoms with Gasteiger partial charge < -0.3 is 24.8 Å². The molecule has 0 aromatic carbocycles. The standard InChI is InChI=1S/C20H41N5O.HI/c1-5-23(6-2)16-19-9-12-25(17-19)20(21-3)22-15-18-7-10-24(11-8-18)13-14-26-4;/h18-19H,5-17H2,1-4H3,(H,21,22);1H. The predicted octanol–water partition coefficient (Wildman–Crippen LogP) is 2.20. The van der Waals surface area contributed by atoms with Crippen LogP contribution < -0.4 is 5.32 Å². The molecule has 2 fully saturated rings. The minimum absolute atomic E-state index is 0. The highest BCUT2D eigenvalue weighted by molar-refractivity contribution is 14.0. The van der Waals surface area contributed by atoms with Gasteiger partial charge in [-0.05, 0) is 57.3 Å². The lowest BCUT2D eigenvalue weighted by Gasteiger charge is -2.32. The molecule has 0 aromatic heterocycles. The Morgan fingerprint density at radius 1 is 1.11 bits per heavy atom. The molecule has 0 amide bonds. The van der Waals surface area contributed by atoms with Crippen molar-refractivity contribution in [3.63, 3.8) is 0 Å². The summed E-state index contributed by atoms with van der Waals surface area (Å²) < 4.78 is 5.19. The molecule has 2 aliphatic heterocycles. The number of piperidine rings is 1. The topological polar surface area (TPSA) is 43.3 Å². The lowest BCUT2D eigenvalue weighted by atomic mass is 9.97. The number of halogens is 1. The number of methoxy groups -OCH3 is 1. The summed E-state index contributed by atoms with van der Waals surface area (Å²) in [6.07, 6.45) is 3.84. The summed E-state index contributed by atoms with van der Waals surface area (Å²) in [5.41, 5.74) is 0. The smallest absolute Gasteiger partial charge is 0.193 e. The molecule has 7 heteroatoms. The molecule has 6 nitrogen and oxygen atoms in total. The van der Waals surface area contributed by atoms with E-state index < -0.39 is 0 Å². The lowest BCUT2D eigenvalue weighted by Crippen LogP contribution is -2.44. The molecule has 2 heterocycles. The molecule has 27 heavy (non-hydrogen) atoms. The molecular formula is C20H42IN5O. The number of aliphatic imine (C=N–C) groups is 1. The summed E-state index contributed by atoms with van der Waals surface area (Å²) in [7, 11) is 3.71. The van der Waals surface area contributed by atoms with Gasteiger partial charge in [0.2, 0.25) is 0 Å². The normalized spacial score (nSPS) is 22.3. The highest BCUT2D eigenvalue weighted by Crippen LogP contribution is 2.19. The molecule has 1 N–H and O–H groups in total. The van der Waals surface area contributed by atoms with Gasteiger partial charge in [0.15, 0.2) is 5.96 Å². The summed E-state index contributed by atoms with van der Waals surface area (Å²) >= 11 is 0. The quantitative estimate of drug-likeness (QED) is 0.302. The van der Waals surface area contributed by atoms with Gasteiger partial charge in [0.1, 0.15) is 0 Å². The molecule has 0 aromatic rings. The second kappa shape index (κ2) is 14.0. The zero-order chi connectivity index (χ0) is 18.8. The molecule has 1 atom stereocenters. The van der Waals surface area contributed by atoms with E-state index in [-0.39, 0.29) is 24.0 Å². The van der Waals surface area contributed by atoms with Crippen LogP contribution in [0.2, 0.25) is 0 Å². The van der Waals surface area contributed by atoms with Gasteiger partial charge in [-0.25, -0.2) is 0 Å². The van der Waals surface area contributed by atoms with Crippen molar-refractivity contribution in [2.75, 3.05) is 79.7 Å². The number of hydrogen-bond acceptors (Lipinski definition) is 4. The third-order valence-electron chi connectivity index (χ3n) is 6.08. The number of guanidine groups is 1.